The van der Waals surface area contributed by atoms with Crippen molar-refractivity contribution in [1.82, 2.24) is 0 Å². The average Bonchev–Trinajstić information content (AvgIpc) is 2.16. The van der Waals surface area contributed by atoms with E-state index in [0.717, 1.165) is 0 Å². The lowest BCUT2D eigenvalue weighted by atomic mass is 9.76. The summed E-state index contributed by atoms with van der Waals surface area (Å²) in [6, 6.07) is 0. The van der Waals surface area contributed by atoms with Crippen LogP contribution in [0, 0.1) is 0 Å². The first-order valence-electron chi connectivity index (χ1n) is 6.19. The molecule has 0 spiro atoms. The summed E-state index contributed by atoms with van der Waals surface area (Å²) in [5, 5.41) is 0. The molecule has 77 valence electrons. The summed E-state index contributed by atoms with van der Waals surface area (Å²) in [5.74, 6) is 0. The van der Waals surface area contributed by atoms with Crippen LogP contribution in [0.2, 0.25) is 13.1 Å². The van der Waals surface area contributed by atoms with Crippen LogP contribution in [-0.4, -0.2) is 7.28 Å². The third-order valence-electron chi connectivity index (χ3n) is 2.60. The van der Waals surface area contributed by atoms with E-state index in [1.807, 2.05) is 0 Å². The molecule has 0 unspecified atom stereocenters. The maximum atomic E-state index is 2.28. The van der Waals surface area contributed by atoms with Crippen LogP contribution in [0.3, 0.4) is 0 Å². The minimum atomic E-state index is 1.32. The molecule has 0 aliphatic carbocycles. The lowest BCUT2D eigenvalue weighted by molar-refractivity contribution is 0.572. The zero-order valence-corrected chi connectivity index (χ0v) is 9.65. The van der Waals surface area contributed by atoms with E-state index in [1.165, 1.54) is 64.1 Å². The lowest BCUT2D eigenvalue weighted by Gasteiger charge is -2.00. The Hall–Kier alpha value is 0.0649. The van der Waals surface area contributed by atoms with Crippen molar-refractivity contribution in [2.45, 2.75) is 77.9 Å². The van der Waals surface area contributed by atoms with Crippen LogP contribution in [0.5, 0.6) is 0 Å². The fraction of sp³-hybridized carbons (Fsp3) is 1.00. The van der Waals surface area contributed by atoms with Crippen LogP contribution in [0.25, 0.3) is 0 Å². The summed E-state index contributed by atoms with van der Waals surface area (Å²) in [5.41, 5.74) is 0. The summed E-state index contributed by atoms with van der Waals surface area (Å²) in [4.78, 5) is 0. The first kappa shape index (κ1) is 13.1. The van der Waals surface area contributed by atoms with E-state index >= 15 is 0 Å². The van der Waals surface area contributed by atoms with Crippen molar-refractivity contribution < 1.29 is 0 Å². The molecule has 1 heteroatoms. The molecular weight excluding hydrogens is 155 g/mol. The summed E-state index contributed by atoms with van der Waals surface area (Å²) < 4.78 is 0. The van der Waals surface area contributed by atoms with E-state index < -0.39 is 0 Å². The molecule has 0 rings (SSSR count). The first-order chi connectivity index (χ1) is 6.41. The molecule has 1 radical (unpaired) electrons. The van der Waals surface area contributed by atoms with Crippen LogP contribution in [-0.2, 0) is 0 Å². The maximum absolute atomic E-state index is 2.28. The molecular formula is C12H26B. The highest BCUT2D eigenvalue weighted by atomic mass is 14.0. The highest BCUT2D eigenvalue weighted by Gasteiger charge is 1.91. The van der Waals surface area contributed by atoms with E-state index in [9.17, 15) is 0 Å². The largest absolute Gasteiger partial charge is 0.105 e. The van der Waals surface area contributed by atoms with Crippen molar-refractivity contribution in [2.24, 2.45) is 0 Å². The smallest absolute Gasteiger partial charge is 0.0920 e. The third-order valence-corrected chi connectivity index (χ3v) is 2.60. The van der Waals surface area contributed by atoms with Crippen molar-refractivity contribution in [2.75, 3.05) is 0 Å². The van der Waals surface area contributed by atoms with Crippen molar-refractivity contribution in [3.05, 3.63) is 0 Å². The molecule has 0 aliphatic heterocycles. The Morgan fingerprint density at radius 2 is 1.15 bits per heavy atom. The van der Waals surface area contributed by atoms with Crippen LogP contribution in [0.15, 0.2) is 0 Å². The lowest BCUT2D eigenvalue weighted by Crippen LogP contribution is -1.83. The molecule has 0 saturated carbocycles. The predicted octanol–water partition coefficient (Wildman–Crippen LogP) is 4.69. The Bertz CT molecular complexity index is 71.2. The van der Waals surface area contributed by atoms with E-state index in [-0.39, 0.29) is 0 Å². The standard InChI is InChI=1S/C12H26B/c1-3-4-5-6-7-8-9-10-11-12-13-2/h3-12H2,1-2H3. The molecule has 0 bridgehead atoms. The number of hydrogen-bond acceptors (Lipinski definition) is 0. The number of unbranched alkanes of at least 4 members (excludes halogenated alkanes) is 8. The molecule has 0 aliphatic rings. The van der Waals surface area contributed by atoms with Gasteiger partial charge in [0.05, 0.1) is 0 Å². The Labute approximate surface area is 85.7 Å². The molecule has 0 aromatic carbocycles. The summed E-state index contributed by atoms with van der Waals surface area (Å²) in [6.07, 6.45) is 14.3. The average molecular weight is 181 g/mol. The van der Waals surface area contributed by atoms with Gasteiger partial charge >= 0.3 is 0 Å². The molecule has 13 heavy (non-hydrogen) atoms. The minimum absolute atomic E-state index is 1.32. The van der Waals surface area contributed by atoms with Gasteiger partial charge in [-0.15, -0.1) is 0 Å². The Balaban J connectivity index is 2.76. The predicted molar refractivity (Wildman–Crippen MR) is 63.7 cm³/mol. The molecule has 0 fully saturated rings. The topological polar surface area (TPSA) is 0 Å². The second kappa shape index (κ2) is 12.1. The molecule has 0 heterocycles. The van der Waals surface area contributed by atoms with Gasteiger partial charge in [0.1, 0.15) is 7.28 Å². The van der Waals surface area contributed by atoms with Gasteiger partial charge in [-0.25, -0.2) is 0 Å². The van der Waals surface area contributed by atoms with Gasteiger partial charge in [0.2, 0.25) is 0 Å². The van der Waals surface area contributed by atoms with E-state index in [1.54, 1.807) is 0 Å². The molecule has 0 saturated heterocycles. The molecule has 0 amide bonds. The van der Waals surface area contributed by atoms with Gasteiger partial charge in [-0.2, -0.15) is 0 Å². The minimum Gasteiger partial charge on any atom is -0.0920 e. The fourth-order valence-electron chi connectivity index (χ4n) is 1.66. The van der Waals surface area contributed by atoms with Gasteiger partial charge in [0, 0.05) is 0 Å². The normalized spacial score (nSPS) is 10.3. The van der Waals surface area contributed by atoms with Crippen molar-refractivity contribution in [3.63, 3.8) is 0 Å². The van der Waals surface area contributed by atoms with Gasteiger partial charge in [0.15, 0.2) is 0 Å². The third kappa shape index (κ3) is 12.1. The van der Waals surface area contributed by atoms with E-state index in [0.29, 0.717) is 0 Å². The Kier molecular flexibility index (Phi) is 12.1. The van der Waals surface area contributed by atoms with Crippen molar-refractivity contribution in [3.8, 4) is 0 Å². The maximum Gasteiger partial charge on any atom is 0.105 e. The number of rotatable bonds is 10. The van der Waals surface area contributed by atoms with Crippen LogP contribution in [0.1, 0.15) is 64.7 Å². The Morgan fingerprint density at radius 1 is 0.692 bits per heavy atom. The quantitative estimate of drug-likeness (QED) is 0.339. The molecule has 0 atom stereocenters. The second-order valence-electron chi connectivity index (χ2n) is 4.03. The van der Waals surface area contributed by atoms with Gasteiger partial charge in [-0.05, 0) is 0 Å². The van der Waals surface area contributed by atoms with Crippen LogP contribution >= 0.6 is 0 Å². The monoisotopic (exact) mass is 181 g/mol. The van der Waals surface area contributed by atoms with E-state index in [4.69, 9.17) is 0 Å². The zero-order valence-electron chi connectivity index (χ0n) is 9.65. The van der Waals surface area contributed by atoms with Gasteiger partial charge in [-0.1, -0.05) is 77.9 Å². The zero-order chi connectivity index (χ0) is 9.78. The van der Waals surface area contributed by atoms with Crippen LogP contribution < -0.4 is 0 Å². The van der Waals surface area contributed by atoms with Crippen molar-refractivity contribution in [1.29, 1.82) is 0 Å². The SMILES string of the molecule is C[B]CCCCCCCCCCC. The van der Waals surface area contributed by atoms with E-state index in [2.05, 4.69) is 21.0 Å². The molecule has 0 aromatic heterocycles. The van der Waals surface area contributed by atoms with Crippen molar-refractivity contribution >= 4 is 7.28 Å². The van der Waals surface area contributed by atoms with Gasteiger partial charge < -0.3 is 0 Å². The summed E-state index contributed by atoms with van der Waals surface area (Å²) in [6.45, 7) is 4.44. The molecule has 0 nitrogen and oxygen atoms in total. The van der Waals surface area contributed by atoms with Gasteiger partial charge in [0.25, 0.3) is 0 Å². The molecule has 0 N–H and O–H groups in total. The first-order valence-corrected chi connectivity index (χ1v) is 6.19. The number of hydrogen-bond donors (Lipinski definition) is 0. The summed E-state index contributed by atoms with van der Waals surface area (Å²) >= 11 is 0. The Morgan fingerprint density at radius 3 is 1.62 bits per heavy atom. The van der Waals surface area contributed by atoms with Crippen LogP contribution in [0.4, 0.5) is 0 Å². The fourth-order valence-corrected chi connectivity index (χ4v) is 1.66. The summed E-state index contributed by atoms with van der Waals surface area (Å²) in [7, 11) is 2.28. The van der Waals surface area contributed by atoms with Gasteiger partial charge in [-0.3, -0.25) is 0 Å². The highest BCUT2D eigenvalue weighted by Crippen LogP contribution is 2.10. The second-order valence-corrected chi connectivity index (χ2v) is 4.03. The highest BCUT2D eigenvalue weighted by molar-refractivity contribution is 6.33. The molecule has 0 aromatic rings.